The average molecular weight is 315 g/mol. The van der Waals surface area contributed by atoms with E-state index in [1.807, 2.05) is 0 Å². The number of thiophene rings is 1. The Hall–Kier alpha value is -1.32. The van der Waals surface area contributed by atoms with Crippen molar-refractivity contribution in [2.75, 3.05) is 13.2 Å². The molecule has 1 N–H and O–H groups in total. The summed E-state index contributed by atoms with van der Waals surface area (Å²) in [7, 11) is 0. The van der Waals surface area contributed by atoms with Gasteiger partial charge in [-0.1, -0.05) is 25.1 Å². The van der Waals surface area contributed by atoms with Crippen molar-refractivity contribution in [1.82, 2.24) is 5.32 Å². The van der Waals surface area contributed by atoms with Crippen LogP contribution in [0.5, 0.6) is 5.75 Å². The molecule has 0 saturated carbocycles. The lowest BCUT2D eigenvalue weighted by atomic mass is 9.87. The van der Waals surface area contributed by atoms with E-state index in [-0.39, 0.29) is 0 Å². The minimum absolute atomic E-state index is 0.633. The zero-order valence-electron chi connectivity index (χ0n) is 13.3. The Kier molecular flexibility index (Phi) is 5.52. The molecule has 0 radical (unpaired) electrons. The maximum absolute atomic E-state index is 6.08. The first-order chi connectivity index (χ1) is 10.9. The summed E-state index contributed by atoms with van der Waals surface area (Å²) in [6.45, 7) is 4.12. The Balaban J connectivity index is 1.59. The van der Waals surface area contributed by atoms with Gasteiger partial charge in [0.25, 0.3) is 0 Å². The molecule has 0 spiro atoms. The van der Waals surface area contributed by atoms with Crippen molar-refractivity contribution in [2.24, 2.45) is 0 Å². The second-order valence-electron chi connectivity index (χ2n) is 5.97. The van der Waals surface area contributed by atoms with Crippen molar-refractivity contribution in [2.45, 2.75) is 45.1 Å². The molecular formula is C19H25NOS. The summed E-state index contributed by atoms with van der Waals surface area (Å²) in [4.78, 5) is 1.40. The van der Waals surface area contributed by atoms with Crippen LogP contribution in [0.3, 0.4) is 0 Å². The molecule has 0 bridgehead atoms. The molecule has 0 saturated heterocycles. The number of fused-ring (bicyclic) bond motifs is 1. The van der Waals surface area contributed by atoms with Crippen molar-refractivity contribution in [1.29, 1.82) is 0 Å². The van der Waals surface area contributed by atoms with Gasteiger partial charge in [0.2, 0.25) is 0 Å². The van der Waals surface area contributed by atoms with Crippen molar-refractivity contribution in [3.05, 3.63) is 51.7 Å². The molecule has 3 heteroatoms. The van der Waals surface area contributed by atoms with Crippen LogP contribution in [0.1, 0.15) is 35.8 Å². The summed E-state index contributed by atoms with van der Waals surface area (Å²) in [5, 5.41) is 5.78. The summed E-state index contributed by atoms with van der Waals surface area (Å²) in [5.74, 6) is 1.10. The van der Waals surface area contributed by atoms with Crippen LogP contribution in [-0.4, -0.2) is 19.2 Å². The van der Waals surface area contributed by atoms with E-state index in [0.29, 0.717) is 6.04 Å². The van der Waals surface area contributed by atoms with Crippen molar-refractivity contribution in [3.8, 4) is 5.75 Å². The standard InChI is InChI=1S/C19H25NOS/c1-2-11-20-16-8-9-18-15(14-16)5-3-7-19(18)21-12-10-17-6-4-13-22-17/h3-7,13,16,20H,2,8-12,14H2,1H3. The molecule has 3 rings (SSSR count). The number of hydrogen-bond acceptors (Lipinski definition) is 3. The third-order valence-corrected chi connectivity index (χ3v) is 5.24. The minimum Gasteiger partial charge on any atom is -0.493 e. The highest BCUT2D eigenvalue weighted by Gasteiger charge is 2.20. The molecule has 1 aliphatic carbocycles. The number of hydrogen-bond donors (Lipinski definition) is 1. The fourth-order valence-electron chi connectivity index (χ4n) is 3.15. The normalized spacial score (nSPS) is 17.2. The highest BCUT2D eigenvalue weighted by molar-refractivity contribution is 7.09. The predicted molar refractivity (Wildman–Crippen MR) is 94.1 cm³/mol. The lowest BCUT2D eigenvalue weighted by Crippen LogP contribution is -2.35. The molecule has 1 aromatic carbocycles. The molecule has 2 nitrogen and oxygen atoms in total. The summed E-state index contributed by atoms with van der Waals surface area (Å²) in [5.41, 5.74) is 2.90. The molecule has 0 fully saturated rings. The molecule has 1 aromatic heterocycles. The number of rotatable bonds is 7. The van der Waals surface area contributed by atoms with E-state index in [4.69, 9.17) is 4.74 Å². The predicted octanol–water partition coefficient (Wildman–Crippen LogP) is 4.23. The maximum Gasteiger partial charge on any atom is 0.122 e. The van der Waals surface area contributed by atoms with Crippen LogP contribution in [0.25, 0.3) is 0 Å². The molecule has 118 valence electrons. The molecule has 1 unspecified atom stereocenters. The van der Waals surface area contributed by atoms with Crippen LogP contribution < -0.4 is 10.1 Å². The van der Waals surface area contributed by atoms with Gasteiger partial charge in [0.05, 0.1) is 6.61 Å². The highest BCUT2D eigenvalue weighted by atomic mass is 32.1. The van der Waals surface area contributed by atoms with Crippen molar-refractivity contribution < 1.29 is 4.74 Å². The second-order valence-corrected chi connectivity index (χ2v) is 7.00. The Morgan fingerprint density at radius 1 is 1.27 bits per heavy atom. The molecular weight excluding hydrogens is 290 g/mol. The maximum atomic E-state index is 6.08. The molecule has 22 heavy (non-hydrogen) atoms. The third kappa shape index (κ3) is 3.90. The van der Waals surface area contributed by atoms with E-state index in [2.05, 4.69) is 48.0 Å². The first kappa shape index (κ1) is 15.6. The van der Waals surface area contributed by atoms with Crippen molar-refractivity contribution >= 4 is 11.3 Å². The van der Waals surface area contributed by atoms with Crippen LogP contribution in [0.4, 0.5) is 0 Å². The Morgan fingerprint density at radius 2 is 2.23 bits per heavy atom. The summed E-state index contributed by atoms with van der Waals surface area (Å²) in [6.07, 6.45) is 5.69. The topological polar surface area (TPSA) is 21.3 Å². The molecule has 1 atom stereocenters. The van der Waals surface area contributed by atoms with Gasteiger partial charge in [0.15, 0.2) is 0 Å². The van der Waals surface area contributed by atoms with Gasteiger partial charge in [0.1, 0.15) is 5.75 Å². The molecule has 1 heterocycles. The van der Waals surface area contributed by atoms with E-state index >= 15 is 0 Å². The third-order valence-electron chi connectivity index (χ3n) is 4.31. The molecule has 1 aliphatic rings. The SMILES string of the molecule is CCCNC1CCc2c(cccc2OCCc2cccs2)C1. The zero-order chi connectivity index (χ0) is 15.2. The first-order valence-electron chi connectivity index (χ1n) is 8.36. The largest absolute Gasteiger partial charge is 0.493 e. The summed E-state index contributed by atoms with van der Waals surface area (Å²) < 4.78 is 6.08. The van der Waals surface area contributed by atoms with E-state index in [9.17, 15) is 0 Å². The van der Waals surface area contributed by atoms with Crippen LogP contribution in [0.2, 0.25) is 0 Å². The van der Waals surface area contributed by atoms with Gasteiger partial charge >= 0.3 is 0 Å². The number of nitrogens with one attached hydrogen (secondary N) is 1. The lowest BCUT2D eigenvalue weighted by Gasteiger charge is -2.27. The molecule has 2 aromatic rings. The van der Waals surface area contributed by atoms with Gasteiger partial charge in [-0.25, -0.2) is 0 Å². The van der Waals surface area contributed by atoms with Crippen LogP contribution in [-0.2, 0) is 19.3 Å². The fourth-order valence-corrected chi connectivity index (χ4v) is 3.84. The van der Waals surface area contributed by atoms with Crippen molar-refractivity contribution in [3.63, 3.8) is 0 Å². The van der Waals surface area contributed by atoms with Gasteiger partial charge in [-0.3, -0.25) is 0 Å². The number of ether oxygens (including phenoxy) is 1. The van der Waals surface area contributed by atoms with Gasteiger partial charge in [-0.15, -0.1) is 11.3 Å². The van der Waals surface area contributed by atoms with Gasteiger partial charge in [0, 0.05) is 17.3 Å². The summed E-state index contributed by atoms with van der Waals surface area (Å²) in [6, 6.07) is 11.5. The van der Waals surface area contributed by atoms with Gasteiger partial charge in [-0.05, 0) is 60.9 Å². The van der Waals surface area contributed by atoms with Gasteiger partial charge < -0.3 is 10.1 Å². The lowest BCUT2D eigenvalue weighted by molar-refractivity contribution is 0.316. The average Bonchev–Trinajstić information content (AvgIpc) is 3.06. The van der Waals surface area contributed by atoms with Crippen LogP contribution >= 0.6 is 11.3 Å². The van der Waals surface area contributed by atoms with E-state index in [0.717, 1.165) is 38.2 Å². The number of benzene rings is 1. The monoisotopic (exact) mass is 315 g/mol. The van der Waals surface area contributed by atoms with E-state index in [1.165, 1.54) is 28.8 Å². The van der Waals surface area contributed by atoms with Crippen LogP contribution in [0.15, 0.2) is 35.7 Å². The van der Waals surface area contributed by atoms with Crippen LogP contribution in [0, 0.1) is 0 Å². The zero-order valence-corrected chi connectivity index (χ0v) is 14.1. The second kappa shape index (κ2) is 7.80. The smallest absolute Gasteiger partial charge is 0.122 e. The Labute approximate surface area is 137 Å². The minimum atomic E-state index is 0.633. The highest BCUT2D eigenvalue weighted by Crippen LogP contribution is 2.30. The van der Waals surface area contributed by atoms with E-state index in [1.54, 1.807) is 11.3 Å². The Morgan fingerprint density at radius 3 is 3.05 bits per heavy atom. The quantitative estimate of drug-likeness (QED) is 0.826. The first-order valence-corrected chi connectivity index (χ1v) is 9.24. The molecule has 0 aliphatic heterocycles. The van der Waals surface area contributed by atoms with Gasteiger partial charge in [-0.2, -0.15) is 0 Å². The Bertz CT molecular complexity index is 579. The van der Waals surface area contributed by atoms with E-state index < -0.39 is 0 Å². The fraction of sp³-hybridized carbons (Fsp3) is 0.474. The molecule has 0 amide bonds. The summed E-state index contributed by atoms with van der Waals surface area (Å²) >= 11 is 1.81.